The molecule has 3 N–H and O–H groups in total. The molecule has 0 saturated carbocycles. The van der Waals surface area contributed by atoms with E-state index in [0.29, 0.717) is 44.1 Å². The molecule has 5 aromatic rings. The second-order valence-electron chi connectivity index (χ2n) is 10.00. The van der Waals surface area contributed by atoms with Gasteiger partial charge in [-0.05, 0) is 79.9 Å². The van der Waals surface area contributed by atoms with Gasteiger partial charge in [0.25, 0.3) is 5.91 Å². The van der Waals surface area contributed by atoms with E-state index in [1.807, 2.05) is 20.8 Å². The predicted octanol–water partition coefficient (Wildman–Crippen LogP) is 8.12. The first-order valence-electron chi connectivity index (χ1n) is 12.9. The Bertz CT molecular complexity index is 1810. The van der Waals surface area contributed by atoms with Gasteiger partial charge in [-0.15, -0.1) is 0 Å². The van der Waals surface area contributed by atoms with Gasteiger partial charge in [0.1, 0.15) is 11.6 Å². The number of phenols is 1. The number of anilines is 2. The maximum Gasteiger partial charge on any atom is 0.416 e. The second-order valence-corrected chi connectivity index (χ2v) is 10.4. The van der Waals surface area contributed by atoms with Crippen LogP contribution in [0, 0.1) is 6.92 Å². The van der Waals surface area contributed by atoms with Gasteiger partial charge in [0.2, 0.25) is 5.95 Å². The van der Waals surface area contributed by atoms with E-state index < -0.39 is 17.6 Å². The summed E-state index contributed by atoms with van der Waals surface area (Å²) in [5.41, 5.74) is 2.58. The molecule has 2 heterocycles. The minimum atomic E-state index is -4.58. The zero-order valence-electron chi connectivity index (χ0n) is 22.7. The quantitative estimate of drug-likeness (QED) is 0.184. The molecule has 5 rings (SSSR count). The first-order chi connectivity index (χ1) is 19.9. The second kappa shape index (κ2) is 11.3. The molecule has 214 valence electrons. The molecule has 0 spiro atoms. The lowest BCUT2D eigenvalue weighted by Gasteiger charge is -2.17. The highest BCUT2D eigenvalue weighted by atomic mass is 35.5. The van der Waals surface area contributed by atoms with Crippen molar-refractivity contribution in [1.29, 1.82) is 0 Å². The number of benzene rings is 3. The number of alkyl halides is 3. The summed E-state index contributed by atoms with van der Waals surface area (Å²) in [5.74, 6) is -0.565. The number of nitrogens with one attached hydrogen (secondary N) is 2. The Morgan fingerprint density at radius 2 is 1.71 bits per heavy atom. The number of halogens is 4. The van der Waals surface area contributed by atoms with Crippen molar-refractivity contribution < 1.29 is 23.1 Å². The summed E-state index contributed by atoms with van der Waals surface area (Å²) < 4.78 is 39.4. The van der Waals surface area contributed by atoms with E-state index in [2.05, 4.69) is 25.6 Å². The number of nitrogens with zero attached hydrogens (tertiary/aromatic N) is 3. The molecule has 0 fully saturated rings. The van der Waals surface area contributed by atoms with E-state index in [1.165, 1.54) is 0 Å². The molecule has 3 aromatic carbocycles. The van der Waals surface area contributed by atoms with Crippen molar-refractivity contribution in [2.75, 3.05) is 10.6 Å². The Morgan fingerprint density at radius 3 is 2.40 bits per heavy atom. The average molecular weight is 592 g/mol. The van der Waals surface area contributed by atoms with Crippen molar-refractivity contribution in [3.63, 3.8) is 0 Å². The van der Waals surface area contributed by atoms with Crippen LogP contribution >= 0.6 is 11.6 Å². The number of hydrogen-bond acceptors (Lipinski definition) is 6. The summed E-state index contributed by atoms with van der Waals surface area (Å²) in [6.45, 7) is 5.75. The molecule has 1 amide bonds. The third-order valence-corrected chi connectivity index (χ3v) is 6.77. The normalized spacial score (nSPS) is 11.6. The minimum Gasteiger partial charge on any atom is -0.507 e. The van der Waals surface area contributed by atoms with Gasteiger partial charge in [0.15, 0.2) is 0 Å². The van der Waals surface area contributed by atoms with Gasteiger partial charge in [-0.1, -0.05) is 29.8 Å². The smallest absolute Gasteiger partial charge is 0.416 e. The van der Waals surface area contributed by atoms with Crippen LogP contribution < -0.4 is 10.6 Å². The number of carbonyl (C=O) groups is 1. The molecule has 0 aliphatic carbocycles. The number of carbonyl (C=O) groups excluding carboxylic acids is 1. The summed E-state index contributed by atoms with van der Waals surface area (Å²) in [4.78, 5) is 26.0. The van der Waals surface area contributed by atoms with Crippen molar-refractivity contribution in [2.24, 2.45) is 0 Å². The van der Waals surface area contributed by atoms with E-state index >= 15 is 0 Å². The van der Waals surface area contributed by atoms with Crippen LogP contribution in [0.25, 0.3) is 33.2 Å². The maximum absolute atomic E-state index is 13.1. The molecule has 0 saturated heterocycles. The molecule has 0 aliphatic rings. The van der Waals surface area contributed by atoms with Crippen LogP contribution in [0.2, 0.25) is 5.02 Å². The largest absolute Gasteiger partial charge is 0.507 e. The third-order valence-electron chi connectivity index (χ3n) is 6.52. The lowest BCUT2D eigenvalue weighted by molar-refractivity contribution is -0.137. The van der Waals surface area contributed by atoms with E-state index in [9.17, 15) is 23.1 Å². The number of fused-ring (bicyclic) bond motifs is 1. The zero-order chi connectivity index (χ0) is 30.2. The molecule has 7 nitrogen and oxygen atoms in total. The van der Waals surface area contributed by atoms with Gasteiger partial charge in [0, 0.05) is 40.0 Å². The molecule has 0 radical (unpaired) electrons. The first-order valence-corrected chi connectivity index (χ1v) is 13.3. The van der Waals surface area contributed by atoms with Crippen molar-refractivity contribution in [3.05, 3.63) is 94.8 Å². The predicted molar refractivity (Wildman–Crippen MR) is 158 cm³/mol. The van der Waals surface area contributed by atoms with E-state index in [-0.39, 0.29) is 23.2 Å². The van der Waals surface area contributed by atoms with E-state index in [0.717, 1.165) is 23.9 Å². The van der Waals surface area contributed by atoms with Crippen molar-refractivity contribution in [2.45, 2.75) is 33.0 Å². The monoisotopic (exact) mass is 591 g/mol. The Kier molecular flexibility index (Phi) is 7.74. The van der Waals surface area contributed by atoms with Crippen LogP contribution in [-0.4, -0.2) is 32.0 Å². The molecule has 42 heavy (non-hydrogen) atoms. The highest BCUT2D eigenvalue weighted by Gasteiger charge is 2.31. The van der Waals surface area contributed by atoms with Crippen molar-refractivity contribution in [3.8, 4) is 28.0 Å². The highest BCUT2D eigenvalue weighted by molar-refractivity contribution is 6.30. The number of aromatic hydroxyl groups is 1. The minimum absolute atomic E-state index is 0.0702. The summed E-state index contributed by atoms with van der Waals surface area (Å²) in [6, 6.07) is 15.2. The summed E-state index contributed by atoms with van der Waals surface area (Å²) in [5, 5.41) is 18.5. The van der Waals surface area contributed by atoms with Crippen LogP contribution in [0.1, 0.15) is 35.3 Å². The maximum atomic E-state index is 13.1. The van der Waals surface area contributed by atoms with Crippen LogP contribution in [0.15, 0.2) is 73.1 Å². The number of amides is 1. The Labute approximate surface area is 244 Å². The van der Waals surface area contributed by atoms with Gasteiger partial charge in [-0.2, -0.15) is 13.2 Å². The average Bonchev–Trinajstić information content (AvgIpc) is 2.93. The molecule has 0 unspecified atom stereocenters. The molecular formula is C31H25ClF3N5O2. The van der Waals surface area contributed by atoms with Crippen LogP contribution in [0.5, 0.6) is 5.75 Å². The number of hydrogen-bond donors (Lipinski definition) is 3. The fraction of sp³-hybridized carbons (Fsp3) is 0.161. The fourth-order valence-electron chi connectivity index (χ4n) is 4.51. The summed E-state index contributed by atoms with van der Waals surface area (Å²) in [7, 11) is 0. The summed E-state index contributed by atoms with van der Waals surface area (Å²) >= 11 is 6.13. The van der Waals surface area contributed by atoms with E-state index in [4.69, 9.17) is 11.6 Å². The third kappa shape index (κ3) is 5.99. The fourth-order valence-corrected chi connectivity index (χ4v) is 4.63. The Hall–Kier alpha value is -4.70. The first kappa shape index (κ1) is 28.8. The number of aryl methyl sites for hydroxylation is 1. The number of phenolic OH excluding ortho intramolecular Hbond substituents is 1. The van der Waals surface area contributed by atoms with Gasteiger partial charge in [0.05, 0.1) is 16.6 Å². The highest BCUT2D eigenvalue weighted by Crippen LogP contribution is 2.44. The van der Waals surface area contributed by atoms with Crippen LogP contribution in [0.4, 0.5) is 24.9 Å². The SMILES string of the molecule is Cc1ccc(C(=O)Nc2cc(C(F)(F)F)ccn2)cc1-c1cc2cnc(NC(C)C)nc2c(-c2ccc(Cl)cc2)c1O. The molecular weight excluding hydrogens is 567 g/mol. The van der Waals surface area contributed by atoms with Gasteiger partial charge >= 0.3 is 6.18 Å². The molecule has 2 aromatic heterocycles. The van der Waals surface area contributed by atoms with Crippen molar-refractivity contribution in [1.82, 2.24) is 15.0 Å². The topological polar surface area (TPSA) is 100 Å². The molecule has 0 bridgehead atoms. The van der Waals surface area contributed by atoms with Gasteiger partial charge in [-0.25, -0.2) is 15.0 Å². The Balaban J connectivity index is 1.62. The lowest BCUT2D eigenvalue weighted by Crippen LogP contribution is -2.14. The van der Waals surface area contributed by atoms with Gasteiger partial charge < -0.3 is 15.7 Å². The molecule has 11 heteroatoms. The van der Waals surface area contributed by atoms with Crippen LogP contribution in [-0.2, 0) is 6.18 Å². The molecule has 0 aliphatic heterocycles. The summed E-state index contributed by atoms with van der Waals surface area (Å²) in [6.07, 6.45) is -1.95. The number of aromatic nitrogens is 3. The van der Waals surface area contributed by atoms with Crippen LogP contribution in [0.3, 0.4) is 0 Å². The van der Waals surface area contributed by atoms with Crippen molar-refractivity contribution >= 4 is 40.2 Å². The Morgan fingerprint density at radius 1 is 0.976 bits per heavy atom. The number of rotatable bonds is 6. The van der Waals surface area contributed by atoms with E-state index in [1.54, 1.807) is 54.7 Å². The standard InChI is InChI=1S/C31H25ClF3N5O2/c1-16(2)38-30-37-15-20-13-24(28(41)26(27(20)40-30)18-6-8-22(32)9-7-18)23-12-19(5-4-17(23)3)29(42)39-25-14-21(10-11-36-25)31(33,34)35/h4-16,41H,1-3H3,(H,36,39,42)(H,37,38,40). The van der Waals surface area contributed by atoms with Gasteiger partial charge in [-0.3, -0.25) is 4.79 Å². The lowest BCUT2D eigenvalue weighted by atomic mass is 9.91. The number of pyridine rings is 1. The molecule has 0 atom stereocenters. The zero-order valence-corrected chi connectivity index (χ0v) is 23.5.